The number of hydrogen-bond donors (Lipinski definition) is 0. The van der Waals surface area contributed by atoms with Crippen LogP contribution in [0.2, 0.25) is 0 Å². The normalized spacial score (nSPS) is 28.3. The van der Waals surface area contributed by atoms with Crippen LogP contribution in [0.5, 0.6) is 0 Å². The van der Waals surface area contributed by atoms with Crippen LogP contribution in [0.3, 0.4) is 0 Å². The monoisotopic (exact) mass is 1160 g/mol. The number of morpholine rings is 1. The molecule has 3 aromatic heterocycles. The minimum atomic E-state index is -1.10. The van der Waals surface area contributed by atoms with Crippen LogP contribution < -0.4 is 0 Å². The molecular weight excluding hydrogens is 1090 g/mol. The van der Waals surface area contributed by atoms with Gasteiger partial charge < -0.3 is 51.3 Å². The van der Waals surface area contributed by atoms with Gasteiger partial charge in [-0.1, -0.05) is 91.0 Å². The second kappa shape index (κ2) is 25.7. The molecule has 23 nitrogen and oxygen atoms in total. The van der Waals surface area contributed by atoms with E-state index in [9.17, 15) is 44.7 Å². The van der Waals surface area contributed by atoms with Gasteiger partial charge in [0.1, 0.15) is 60.1 Å². The zero-order chi connectivity index (χ0) is 59.9. The lowest BCUT2D eigenvalue weighted by Gasteiger charge is -2.49. The van der Waals surface area contributed by atoms with Gasteiger partial charge in [-0.25, -0.2) is 0 Å². The Morgan fingerprint density at radius 1 is 0.548 bits per heavy atom. The van der Waals surface area contributed by atoms with Crippen molar-refractivity contribution in [3.63, 3.8) is 0 Å². The van der Waals surface area contributed by atoms with Crippen LogP contribution in [-0.4, -0.2) is 130 Å². The second-order valence-corrected chi connectivity index (χ2v) is 22.1. The number of nitro groups is 3. The molecule has 0 radical (unpaired) electrons. The Hall–Kier alpha value is -8.19. The predicted molar refractivity (Wildman–Crippen MR) is 296 cm³/mol. The van der Waals surface area contributed by atoms with Crippen molar-refractivity contribution in [3.8, 4) is 0 Å². The fourth-order valence-electron chi connectivity index (χ4n) is 11.8. The minimum absolute atomic E-state index is 0.202. The highest BCUT2D eigenvalue weighted by molar-refractivity contribution is 5.92. The molecule has 5 fully saturated rings. The highest BCUT2D eigenvalue weighted by atomic mass is 16.7. The SMILES string of the molecule is CC1(C)OC2C(=O)C(O1)C(c1ccco1)C([N+](=O)[O-])C2c1ccccc1.CC1(C)OC2C(=O)C(O1)C(c1ccco1)C([N+](=O)[O-])C2c1ccccc1.CC1(C)OC=C(N2CCOCC2)C([C@@H](C[N+](=O)[O-])c2ccccc2)O1.O=Cc1ccco1. The summed E-state index contributed by atoms with van der Waals surface area (Å²) < 4.78 is 56.2. The molecule has 444 valence electrons. The van der Waals surface area contributed by atoms with E-state index in [1.54, 1.807) is 119 Å². The van der Waals surface area contributed by atoms with E-state index >= 15 is 0 Å². The first-order valence-corrected chi connectivity index (χ1v) is 27.4. The standard InChI is InChI=1S/2C19H19NO6.C18H24N2O5.C5H4O2/c2*1-19(2)25-17-13(11-7-4-3-5-8-11)15(20(22)23)14(12-9-6-10-24-12)18(26-19)16(17)21;1-18(2)24-13-16(19-8-10-23-11-9-19)17(25-18)15(12-20(21)22)14-6-4-3-5-7-14;6-4-5-2-1-3-7-5/h2*3-10,13-15,17-18H,1-2H3;3-7,13,15,17H,8-12H2,1-2H3;1-4H/t;;15-,17?;/m..0./s1. The zero-order valence-electron chi connectivity index (χ0n) is 47.0. The lowest BCUT2D eigenvalue weighted by Crippen LogP contribution is -2.64. The Bertz CT molecular complexity index is 3060. The average molecular weight is 1160 g/mol. The van der Waals surface area contributed by atoms with E-state index in [2.05, 4.69) is 9.32 Å². The molecule has 2 saturated carbocycles. The van der Waals surface area contributed by atoms with Crippen molar-refractivity contribution in [2.75, 3.05) is 32.8 Å². The molecule has 0 spiro atoms. The summed E-state index contributed by atoms with van der Waals surface area (Å²) in [6, 6.07) is 35.2. The maximum absolute atomic E-state index is 13.0. The van der Waals surface area contributed by atoms with Crippen LogP contribution >= 0.6 is 0 Å². The van der Waals surface area contributed by atoms with Gasteiger partial charge in [0, 0.05) is 41.7 Å². The average Bonchev–Trinajstić information content (AvgIpc) is 0.994. The number of carbonyl (C=O) groups excluding carboxylic acids is 3. The van der Waals surface area contributed by atoms with Crippen LogP contribution in [0, 0.1) is 30.3 Å². The van der Waals surface area contributed by atoms with Gasteiger partial charge in [-0.05, 0) is 80.8 Å². The molecular formula is C61H66N4O19. The summed E-state index contributed by atoms with van der Waals surface area (Å²) in [6.45, 7) is 13.0. The molecule has 2 aliphatic carbocycles. The molecule has 4 aliphatic heterocycles. The van der Waals surface area contributed by atoms with Gasteiger partial charge in [-0.2, -0.15) is 0 Å². The van der Waals surface area contributed by atoms with E-state index in [4.69, 9.17) is 42.0 Å². The summed E-state index contributed by atoms with van der Waals surface area (Å²) in [5.74, 6) is -5.81. The third kappa shape index (κ3) is 13.6. The van der Waals surface area contributed by atoms with Crippen molar-refractivity contribution in [2.45, 2.75) is 131 Å². The Morgan fingerprint density at radius 2 is 0.976 bits per heavy atom. The van der Waals surface area contributed by atoms with Crippen LogP contribution in [-0.2, 0) is 42.7 Å². The number of furan rings is 3. The fourth-order valence-corrected chi connectivity index (χ4v) is 11.8. The molecule has 7 heterocycles. The Morgan fingerprint density at radius 3 is 1.36 bits per heavy atom. The Labute approximate surface area is 483 Å². The molecule has 6 aromatic rings. The van der Waals surface area contributed by atoms with Crippen LogP contribution in [0.15, 0.2) is 171 Å². The van der Waals surface area contributed by atoms with Crippen LogP contribution in [0.25, 0.3) is 0 Å². The number of benzene rings is 3. The van der Waals surface area contributed by atoms with Crippen molar-refractivity contribution in [1.82, 2.24) is 4.90 Å². The number of carbonyl (C=O) groups is 3. The fraction of sp³-hybridized carbons (Fsp3) is 0.426. The maximum atomic E-state index is 13.0. The lowest BCUT2D eigenvalue weighted by molar-refractivity contribution is -0.542. The Kier molecular flexibility index (Phi) is 18.5. The zero-order valence-corrected chi connectivity index (χ0v) is 47.0. The first-order valence-electron chi connectivity index (χ1n) is 27.4. The molecule has 84 heavy (non-hydrogen) atoms. The predicted octanol–water partition coefficient (Wildman–Crippen LogP) is 9.25. The summed E-state index contributed by atoms with van der Waals surface area (Å²) in [5, 5.41) is 35.5. The number of ketones is 2. The molecule has 6 aliphatic rings. The van der Waals surface area contributed by atoms with Gasteiger partial charge in [-0.3, -0.25) is 44.7 Å². The number of ether oxygens (including phenoxy) is 7. The van der Waals surface area contributed by atoms with Crippen molar-refractivity contribution in [2.24, 2.45) is 0 Å². The quantitative estimate of drug-likeness (QED) is 0.0626. The number of fused-ring (bicyclic) bond motifs is 4. The third-order valence-corrected chi connectivity index (χ3v) is 15.3. The molecule has 23 heteroatoms. The molecule has 12 atom stereocenters. The highest BCUT2D eigenvalue weighted by Crippen LogP contribution is 2.51. The molecule has 0 N–H and O–H groups in total. The van der Waals surface area contributed by atoms with Gasteiger partial charge >= 0.3 is 0 Å². The van der Waals surface area contributed by atoms with E-state index in [1.165, 1.54) is 18.8 Å². The summed E-state index contributed by atoms with van der Waals surface area (Å²) >= 11 is 0. The van der Waals surface area contributed by atoms with Gasteiger partial charge in [-0.15, -0.1) is 0 Å². The first-order chi connectivity index (χ1) is 40.2. The lowest BCUT2D eigenvalue weighted by atomic mass is 9.68. The molecule has 12 rings (SSSR count). The van der Waals surface area contributed by atoms with Gasteiger partial charge in [0.05, 0.1) is 55.5 Å². The summed E-state index contributed by atoms with van der Waals surface area (Å²) in [5.41, 5.74) is 3.12. The molecule has 11 unspecified atom stereocenters. The summed E-state index contributed by atoms with van der Waals surface area (Å²) in [4.78, 5) is 72.5. The second-order valence-electron chi connectivity index (χ2n) is 22.1. The molecule has 3 aromatic carbocycles. The molecule has 0 amide bonds. The number of rotatable bonds is 12. The number of nitrogens with zero attached hydrogens (tertiary/aromatic N) is 4. The first kappa shape index (κ1) is 60.4. The highest BCUT2D eigenvalue weighted by Gasteiger charge is 2.65. The maximum Gasteiger partial charge on any atom is 0.235 e. The van der Waals surface area contributed by atoms with E-state index in [0.29, 0.717) is 47.9 Å². The topological polar surface area (TPSA) is 288 Å². The van der Waals surface area contributed by atoms with Crippen LogP contribution in [0.1, 0.15) is 110 Å². The number of hydrogen-bond acceptors (Lipinski definition) is 20. The smallest absolute Gasteiger partial charge is 0.235 e. The van der Waals surface area contributed by atoms with Gasteiger partial charge in [0.25, 0.3) is 0 Å². The van der Waals surface area contributed by atoms with Crippen LogP contribution in [0.4, 0.5) is 0 Å². The van der Waals surface area contributed by atoms with E-state index < -0.39 is 89.6 Å². The van der Waals surface area contributed by atoms with E-state index in [-0.39, 0.29) is 32.9 Å². The van der Waals surface area contributed by atoms with E-state index in [0.717, 1.165) is 24.4 Å². The van der Waals surface area contributed by atoms with Gasteiger partial charge in [0.2, 0.25) is 24.4 Å². The van der Waals surface area contributed by atoms with Crippen molar-refractivity contribution >= 4 is 17.9 Å². The largest absolute Gasteiger partial charge is 0.469 e. The molecule has 3 saturated heterocycles. The number of aldehydes is 1. The molecule has 4 bridgehead atoms. The number of Topliss-reactive ketones (excluding diaryl/α,β-unsaturated/α-hetero) is 2. The minimum Gasteiger partial charge on any atom is -0.469 e. The third-order valence-electron chi connectivity index (χ3n) is 15.3. The van der Waals surface area contributed by atoms with Gasteiger partial charge in [0.15, 0.2) is 35.2 Å². The summed E-state index contributed by atoms with van der Waals surface area (Å²) in [7, 11) is 0. The van der Waals surface area contributed by atoms with E-state index in [1.807, 2.05) is 56.3 Å². The van der Waals surface area contributed by atoms with Crippen molar-refractivity contribution in [3.05, 3.63) is 222 Å². The Balaban J connectivity index is 0.000000142. The van der Waals surface area contributed by atoms with Crippen molar-refractivity contribution < 1.29 is 75.6 Å². The van der Waals surface area contributed by atoms with Crippen molar-refractivity contribution in [1.29, 1.82) is 0 Å². The summed E-state index contributed by atoms with van der Waals surface area (Å²) in [6.07, 6.45) is 2.44.